The monoisotopic (exact) mass is 288 g/mol. The molecule has 0 fully saturated rings. The van der Waals surface area contributed by atoms with Gasteiger partial charge in [0.25, 0.3) is 10.7 Å². The fourth-order valence-electron chi connectivity index (χ4n) is 1.94. The van der Waals surface area contributed by atoms with Gasteiger partial charge in [0.1, 0.15) is 0 Å². The summed E-state index contributed by atoms with van der Waals surface area (Å²) in [5.74, 6) is 0. The third-order valence-corrected chi connectivity index (χ3v) is 3.68. The quantitative estimate of drug-likeness (QED) is 0.469. The minimum absolute atomic E-state index is 0.429. The SMILES string of the molecule is CCCCCCCn1c(C)cc(=O)nc1S(=O)(=O)O. The van der Waals surface area contributed by atoms with Crippen LogP contribution in [-0.2, 0) is 16.7 Å². The summed E-state index contributed by atoms with van der Waals surface area (Å²) >= 11 is 0. The van der Waals surface area contributed by atoms with Crippen molar-refractivity contribution in [2.75, 3.05) is 0 Å². The summed E-state index contributed by atoms with van der Waals surface area (Å²) < 4.78 is 32.9. The fraction of sp³-hybridized carbons (Fsp3) is 0.667. The molecular formula is C12H20N2O4S. The maximum atomic E-state index is 11.2. The largest absolute Gasteiger partial charge is 0.328 e. The van der Waals surface area contributed by atoms with Crippen LogP contribution in [0.15, 0.2) is 16.0 Å². The molecule has 0 aliphatic rings. The summed E-state index contributed by atoms with van der Waals surface area (Å²) in [6.07, 6.45) is 5.13. The van der Waals surface area contributed by atoms with Gasteiger partial charge in [-0.05, 0) is 13.3 Å². The van der Waals surface area contributed by atoms with E-state index < -0.39 is 20.8 Å². The van der Waals surface area contributed by atoms with Crippen LogP contribution in [0.5, 0.6) is 0 Å². The second-order valence-electron chi connectivity index (χ2n) is 4.56. The molecule has 0 spiro atoms. The van der Waals surface area contributed by atoms with Crippen molar-refractivity contribution >= 4 is 10.1 Å². The van der Waals surface area contributed by atoms with Crippen molar-refractivity contribution in [3.8, 4) is 0 Å². The molecule has 6 nitrogen and oxygen atoms in total. The number of aromatic nitrogens is 2. The molecular weight excluding hydrogens is 268 g/mol. The van der Waals surface area contributed by atoms with Gasteiger partial charge in [-0.15, -0.1) is 0 Å². The van der Waals surface area contributed by atoms with Crippen molar-refractivity contribution in [1.82, 2.24) is 9.55 Å². The topological polar surface area (TPSA) is 89.3 Å². The maximum absolute atomic E-state index is 11.2. The van der Waals surface area contributed by atoms with Gasteiger partial charge in [-0.2, -0.15) is 13.4 Å². The highest BCUT2D eigenvalue weighted by molar-refractivity contribution is 7.85. The maximum Gasteiger partial charge on any atom is 0.328 e. The molecule has 1 aromatic rings. The lowest BCUT2D eigenvalue weighted by Gasteiger charge is -2.13. The predicted molar refractivity (Wildman–Crippen MR) is 71.8 cm³/mol. The molecule has 0 atom stereocenters. The molecule has 1 aromatic heterocycles. The Bertz CT molecular complexity index is 578. The van der Waals surface area contributed by atoms with Gasteiger partial charge in [-0.25, -0.2) is 0 Å². The lowest BCUT2D eigenvalue weighted by atomic mass is 10.1. The summed E-state index contributed by atoms with van der Waals surface area (Å²) in [5, 5.41) is -0.562. The van der Waals surface area contributed by atoms with E-state index in [4.69, 9.17) is 4.55 Å². The van der Waals surface area contributed by atoms with Crippen LogP contribution in [0.4, 0.5) is 0 Å². The molecule has 0 saturated heterocycles. The molecule has 0 bridgehead atoms. The van der Waals surface area contributed by atoms with E-state index in [1.165, 1.54) is 10.6 Å². The van der Waals surface area contributed by atoms with Gasteiger partial charge in [0.2, 0.25) is 0 Å². The van der Waals surface area contributed by atoms with Gasteiger partial charge < -0.3 is 4.57 Å². The Morgan fingerprint density at radius 1 is 1.26 bits per heavy atom. The van der Waals surface area contributed by atoms with Crippen LogP contribution in [0.25, 0.3) is 0 Å². The van der Waals surface area contributed by atoms with E-state index in [9.17, 15) is 13.2 Å². The van der Waals surface area contributed by atoms with E-state index >= 15 is 0 Å². The Kier molecular flexibility index (Phi) is 5.68. The van der Waals surface area contributed by atoms with Crippen LogP contribution in [0, 0.1) is 6.92 Å². The number of aryl methyl sites for hydroxylation is 1. The zero-order chi connectivity index (χ0) is 14.5. The molecule has 108 valence electrons. The van der Waals surface area contributed by atoms with Crippen LogP contribution < -0.4 is 5.56 Å². The lowest BCUT2D eigenvalue weighted by molar-refractivity contribution is 0.445. The summed E-state index contributed by atoms with van der Waals surface area (Å²) in [6.45, 7) is 4.17. The van der Waals surface area contributed by atoms with Gasteiger partial charge in [-0.3, -0.25) is 9.35 Å². The first-order valence-electron chi connectivity index (χ1n) is 6.42. The molecule has 0 aliphatic heterocycles. The third kappa shape index (κ3) is 4.76. The molecule has 0 radical (unpaired) electrons. The summed E-state index contributed by atoms with van der Waals surface area (Å²) in [4.78, 5) is 14.6. The first-order valence-corrected chi connectivity index (χ1v) is 7.86. The third-order valence-electron chi connectivity index (χ3n) is 2.91. The highest BCUT2D eigenvalue weighted by Gasteiger charge is 2.18. The molecule has 1 N–H and O–H groups in total. The average molecular weight is 288 g/mol. The Morgan fingerprint density at radius 3 is 2.47 bits per heavy atom. The average Bonchev–Trinajstić information content (AvgIpc) is 2.29. The van der Waals surface area contributed by atoms with Gasteiger partial charge in [-0.1, -0.05) is 32.6 Å². The highest BCUT2D eigenvalue weighted by Crippen LogP contribution is 2.10. The van der Waals surface area contributed by atoms with Gasteiger partial charge in [0, 0.05) is 18.3 Å². The standard InChI is InChI=1S/C12H20N2O4S/c1-3-4-5-6-7-8-14-10(2)9-11(15)13-12(14)19(16,17)18/h9H,3-8H2,1-2H3,(H,16,17,18). The van der Waals surface area contributed by atoms with E-state index in [0.29, 0.717) is 12.2 Å². The van der Waals surface area contributed by atoms with Crippen LogP contribution in [-0.4, -0.2) is 22.5 Å². The van der Waals surface area contributed by atoms with Crippen LogP contribution >= 0.6 is 0 Å². The Hall–Kier alpha value is -1.21. The molecule has 1 heterocycles. The number of nitrogens with zero attached hydrogens (tertiary/aromatic N) is 2. The molecule has 0 amide bonds. The second kappa shape index (κ2) is 6.81. The van der Waals surface area contributed by atoms with Crippen molar-refractivity contribution in [3.05, 3.63) is 22.1 Å². The van der Waals surface area contributed by atoms with E-state index in [-0.39, 0.29) is 0 Å². The van der Waals surface area contributed by atoms with Crippen molar-refractivity contribution < 1.29 is 13.0 Å². The van der Waals surface area contributed by atoms with Gasteiger partial charge >= 0.3 is 10.1 Å². The van der Waals surface area contributed by atoms with Crippen molar-refractivity contribution in [1.29, 1.82) is 0 Å². The van der Waals surface area contributed by atoms with E-state index in [0.717, 1.165) is 32.1 Å². The molecule has 19 heavy (non-hydrogen) atoms. The van der Waals surface area contributed by atoms with Crippen molar-refractivity contribution in [2.45, 2.75) is 57.7 Å². The molecule has 7 heteroatoms. The fourth-order valence-corrected chi connectivity index (χ4v) is 2.66. The first-order chi connectivity index (χ1) is 8.86. The minimum atomic E-state index is -4.47. The molecule has 1 rings (SSSR count). The number of hydrogen-bond donors (Lipinski definition) is 1. The van der Waals surface area contributed by atoms with Crippen LogP contribution in [0.2, 0.25) is 0 Å². The van der Waals surface area contributed by atoms with Gasteiger partial charge in [0.05, 0.1) is 0 Å². The second-order valence-corrected chi connectivity index (χ2v) is 5.87. The number of rotatable bonds is 7. The molecule has 0 aromatic carbocycles. The summed E-state index contributed by atoms with van der Waals surface area (Å²) in [6, 6.07) is 1.26. The van der Waals surface area contributed by atoms with E-state index in [1.807, 2.05) is 0 Å². The summed E-state index contributed by atoms with van der Waals surface area (Å²) in [5.41, 5.74) is -0.171. The van der Waals surface area contributed by atoms with Crippen molar-refractivity contribution in [3.63, 3.8) is 0 Å². The smallest absolute Gasteiger partial charge is 0.319 e. The molecule has 0 aliphatic carbocycles. The zero-order valence-electron chi connectivity index (χ0n) is 11.3. The van der Waals surface area contributed by atoms with E-state index in [1.54, 1.807) is 6.92 Å². The molecule has 0 unspecified atom stereocenters. The Labute approximate surface area is 113 Å². The number of unbranched alkanes of at least 4 members (excludes halogenated alkanes) is 4. The minimum Gasteiger partial charge on any atom is -0.319 e. The van der Waals surface area contributed by atoms with Crippen molar-refractivity contribution in [2.24, 2.45) is 0 Å². The highest BCUT2D eigenvalue weighted by atomic mass is 32.2. The normalized spacial score (nSPS) is 11.7. The number of hydrogen-bond acceptors (Lipinski definition) is 4. The Morgan fingerprint density at radius 2 is 1.89 bits per heavy atom. The Balaban J connectivity index is 2.90. The first kappa shape index (κ1) is 15.8. The molecule has 0 saturated carbocycles. The van der Waals surface area contributed by atoms with Crippen LogP contribution in [0.1, 0.15) is 44.7 Å². The van der Waals surface area contributed by atoms with Crippen LogP contribution in [0.3, 0.4) is 0 Å². The van der Waals surface area contributed by atoms with Gasteiger partial charge in [0.15, 0.2) is 0 Å². The lowest BCUT2D eigenvalue weighted by Crippen LogP contribution is -2.22. The zero-order valence-corrected chi connectivity index (χ0v) is 12.1. The van der Waals surface area contributed by atoms with E-state index in [2.05, 4.69) is 11.9 Å². The summed E-state index contributed by atoms with van der Waals surface area (Å²) in [7, 11) is -4.47. The predicted octanol–water partition coefficient (Wildman–Crippen LogP) is 1.77.